The van der Waals surface area contributed by atoms with E-state index in [0.29, 0.717) is 5.62 Å². The smallest absolute Gasteiger partial charge is 0.253 e. The van der Waals surface area contributed by atoms with Gasteiger partial charge in [0.25, 0.3) is 5.88 Å². The maximum absolute atomic E-state index is 8.67. The van der Waals surface area contributed by atoms with Gasteiger partial charge in [-0.2, -0.15) is 4.37 Å². The summed E-state index contributed by atoms with van der Waals surface area (Å²) in [4.78, 5) is 8.67. The number of likely N-dealkylation sites (N-methyl/N-ethyl adjacent to an activating group) is 1. The van der Waals surface area contributed by atoms with Crippen LogP contribution in [-0.4, -0.2) is 58.4 Å². The topological polar surface area (TPSA) is 61.3 Å². The lowest BCUT2D eigenvalue weighted by atomic mass is 10.0. The van der Waals surface area contributed by atoms with Crippen molar-refractivity contribution in [2.45, 2.75) is 85.8 Å². The van der Waals surface area contributed by atoms with Crippen molar-refractivity contribution in [3.8, 4) is 5.88 Å². The van der Waals surface area contributed by atoms with Crippen molar-refractivity contribution in [1.82, 2.24) is 8.75 Å². The third kappa shape index (κ3) is 10.9. The van der Waals surface area contributed by atoms with E-state index in [4.69, 9.17) is 14.3 Å². The van der Waals surface area contributed by atoms with Crippen LogP contribution in [0.1, 0.15) is 85.3 Å². The van der Waals surface area contributed by atoms with Crippen LogP contribution in [0.5, 0.6) is 5.88 Å². The second-order valence-corrected chi connectivity index (χ2v) is 8.25. The zero-order valence-electron chi connectivity index (χ0n) is 20.4. The molecule has 0 aromatic carbocycles. The molecule has 0 amide bonds. The van der Waals surface area contributed by atoms with Gasteiger partial charge in [0.1, 0.15) is 12.2 Å². The first-order valence-corrected chi connectivity index (χ1v) is 13.0. The Hall–Kier alpha value is -0.960. The SMILES string of the molecule is CC.CCCCCCOc1nsnc1C1=CCC[N+](C)(C(CCC)OCC)C1.O=CS. The highest BCUT2D eigenvalue weighted by molar-refractivity contribution is 7.94. The first-order valence-electron chi connectivity index (χ1n) is 11.7. The highest BCUT2D eigenvalue weighted by Gasteiger charge is 2.37. The van der Waals surface area contributed by atoms with E-state index < -0.39 is 0 Å². The van der Waals surface area contributed by atoms with Crippen LogP contribution < -0.4 is 4.74 Å². The average Bonchev–Trinajstić information content (AvgIpc) is 3.24. The van der Waals surface area contributed by atoms with Gasteiger partial charge in [0.05, 0.1) is 38.5 Å². The Kier molecular flexibility index (Phi) is 18.0. The van der Waals surface area contributed by atoms with Crippen molar-refractivity contribution < 1.29 is 18.8 Å². The monoisotopic (exact) mass is 474 g/mol. The number of unbranched alkanes of at least 4 members (excludes halogenated alkanes) is 3. The fraction of sp³-hybridized carbons (Fsp3) is 0.783. The molecule has 1 aromatic rings. The van der Waals surface area contributed by atoms with Crippen LogP contribution in [-0.2, 0) is 9.53 Å². The molecule has 31 heavy (non-hydrogen) atoms. The van der Waals surface area contributed by atoms with E-state index in [1.54, 1.807) is 0 Å². The second kappa shape index (κ2) is 18.6. The van der Waals surface area contributed by atoms with Crippen LogP contribution in [0.15, 0.2) is 6.08 Å². The van der Waals surface area contributed by atoms with Gasteiger partial charge in [-0.15, -0.1) is 17.0 Å². The van der Waals surface area contributed by atoms with E-state index >= 15 is 0 Å². The molecule has 1 aliphatic rings. The lowest BCUT2D eigenvalue weighted by Crippen LogP contribution is -2.56. The lowest BCUT2D eigenvalue weighted by molar-refractivity contribution is -0.949. The van der Waals surface area contributed by atoms with E-state index in [1.807, 2.05) is 13.8 Å². The highest BCUT2D eigenvalue weighted by atomic mass is 32.1. The predicted octanol–water partition coefficient (Wildman–Crippen LogP) is 6.03. The lowest BCUT2D eigenvalue weighted by Gasteiger charge is -2.43. The molecule has 0 radical (unpaired) electrons. The third-order valence-electron chi connectivity index (χ3n) is 5.15. The molecule has 2 unspecified atom stereocenters. The standard InChI is InChI=1S/C20H36N3O2S.C2H6.CH2OS/c1-5-8-9-10-15-25-20-19(21-26-22-20)17-13-11-14-23(4,16-17)18(12-6-2)24-7-3;1-2;2-1-3/h13,18H,5-12,14-16H2,1-4H3;1-2H3;1H,(H,2,3)/q+1;;. The normalized spacial score (nSPS) is 18.6. The van der Waals surface area contributed by atoms with Crippen molar-refractivity contribution in [3.63, 3.8) is 0 Å². The first kappa shape index (κ1) is 30.0. The van der Waals surface area contributed by atoms with E-state index in [9.17, 15) is 0 Å². The maximum atomic E-state index is 8.67. The molecule has 0 N–H and O–H groups in total. The summed E-state index contributed by atoms with van der Waals surface area (Å²) in [5, 5.41) is 0. The number of rotatable bonds is 12. The molecule has 6 nitrogen and oxygen atoms in total. The number of carbonyl (C=O) groups is 1. The van der Waals surface area contributed by atoms with Gasteiger partial charge in [-0.1, -0.05) is 53.0 Å². The largest absolute Gasteiger partial charge is 0.475 e. The van der Waals surface area contributed by atoms with Gasteiger partial charge < -0.3 is 9.47 Å². The Balaban J connectivity index is 0.00000165. The molecule has 2 atom stereocenters. The molecule has 180 valence electrons. The molecule has 0 bridgehead atoms. The predicted molar refractivity (Wildman–Crippen MR) is 135 cm³/mol. The molecule has 8 heteroatoms. The minimum atomic E-state index is 0.249. The van der Waals surface area contributed by atoms with Crippen LogP contribution in [0.2, 0.25) is 0 Å². The van der Waals surface area contributed by atoms with Crippen molar-refractivity contribution in [1.29, 1.82) is 0 Å². The van der Waals surface area contributed by atoms with Crippen molar-refractivity contribution in [2.24, 2.45) is 0 Å². The van der Waals surface area contributed by atoms with Crippen LogP contribution in [0.25, 0.3) is 5.57 Å². The Bertz CT molecular complexity index is 605. The zero-order chi connectivity index (χ0) is 23.5. The number of carbonyl (C=O) groups excluding carboxylic acids is 1. The van der Waals surface area contributed by atoms with E-state index in [-0.39, 0.29) is 6.23 Å². The van der Waals surface area contributed by atoms with Crippen molar-refractivity contribution >= 4 is 35.5 Å². The van der Waals surface area contributed by atoms with Gasteiger partial charge in [-0.05, 0) is 19.8 Å². The third-order valence-corrected chi connectivity index (χ3v) is 5.66. The van der Waals surface area contributed by atoms with E-state index in [1.165, 1.54) is 36.6 Å². The summed E-state index contributed by atoms with van der Waals surface area (Å²) in [7, 11) is 2.31. The van der Waals surface area contributed by atoms with E-state index in [2.05, 4.69) is 55.3 Å². The van der Waals surface area contributed by atoms with Crippen LogP contribution in [0.3, 0.4) is 0 Å². The Morgan fingerprint density at radius 3 is 2.52 bits per heavy atom. The summed E-state index contributed by atoms with van der Waals surface area (Å²) in [6.45, 7) is 14.1. The molecule has 0 aliphatic carbocycles. The number of thiol groups is 1. The number of aromatic nitrogens is 2. The minimum absolute atomic E-state index is 0.249. The molecule has 1 aromatic heterocycles. The summed E-state index contributed by atoms with van der Waals surface area (Å²) < 4.78 is 21.9. The van der Waals surface area contributed by atoms with Crippen molar-refractivity contribution in [2.75, 3.05) is 33.4 Å². The molecule has 0 fully saturated rings. The van der Waals surface area contributed by atoms with Crippen molar-refractivity contribution in [3.05, 3.63) is 11.8 Å². The fourth-order valence-electron chi connectivity index (χ4n) is 3.67. The maximum Gasteiger partial charge on any atom is 0.253 e. The number of ether oxygens (including phenoxy) is 2. The van der Waals surface area contributed by atoms with E-state index in [0.717, 1.165) is 68.0 Å². The number of quaternary nitrogens is 1. The van der Waals surface area contributed by atoms with Gasteiger partial charge in [-0.25, -0.2) is 0 Å². The zero-order valence-corrected chi connectivity index (χ0v) is 22.1. The fourth-order valence-corrected chi connectivity index (χ4v) is 4.20. The summed E-state index contributed by atoms with van der Waals surface area (Å²) >= 11 is 4.36. The Morgan fingerprint density at radius 2 is 1.90 bits per heavy atom. The summed E-state index contributed by atoms with van der Waals surface area (Å²) in [6, 6.07) is 0. The Labute approximate surface area is 199 Å². The number of hydrogen-bond acceptors (Lipinski definition) is 6. The van der Waals surface area contributed by atoms with Gasteiger partial charge in [0.2, 0.25) is 0 Å². The minimum Gasteiger partial charge on any atom is -0.475 e. The molecular formula is C23H44N3O3S2+. The van der Waals surface area contributed by atoms with Gasteiger partial charge in [0, 0.05) is 18.4 Å². The summed E-state index contributed by atoms with van der Waals surface area (Å²) in [5.41, 5.74) is 2.65. The molecule has 1 aliphatic heterocycles. The number of nitrogens with zero attached hydrogens (tertiary/aromatic N) is 3. The van der Waals surface area contributed by atoms with Gasteiger partial charge >= 0.3 is 0 Å². The quantitative estimate of drug-likeness (QED) is 0.173. The summed E-state index contributed by atoms with van der Waals surface area (Å²) in [6.07, 6.45) is 10.7. The first-order chi connectivity index (χ1) is 15.1. The van der Waals surface area contributed by atoms with Crippen LogP contribution >= 0.6 is 24.4 Å². The highest BCUT2D eigenvalue weighted by Crippen LogP contribution is 2.32. The van der Waals surface area contributed by atoms with Crippen LogP contribution in [0, 0.1) is 0 Å². The van der Waals surface area contributed by atoms with Gasteiger partial charge in [-0.3, -0.25) is 9.28 Å². The molecular weight excluding hydrogens is 430 g/mol. The Morgan fingerprint density at radius 1 is 1.19 bits per heavy atom. The molecule has 0 spiro atoms. The molecule has 2 heterocycles. The summed E-state index contributed by atoms with van der Waals surface area (Å²) in [5.74, 6) is 0.717. The molecule has 2 rings (SSSR count). The molecule has 0 saturated heterocycles. The molecule has 0 saturated carbocycles. The van der Waals surface area contributed by atoms with Gasteiger partial charge in [0.15, 0.2) is 11.8 Å². The van der Waals surface area contributed by atoms with Crippen LogP contribution in [0.4, 0.5) is 0 Å². The number of hydrogen-bond donors (Lipinski definition) is 1. The average molecular weight is 475 g/mol. The second-order valence-electron chi connectivity index (χ2n) is 7.51.